The molecule has 2 amide bonds. The number of halogens is 2. The average Bonchev–Trinajstić information content (AvgIpc) is 2.35. The fourth-order valence-corrected chi connectivity index (χ4v) is 1.69. The summed E-state index contributed by atoms with van der Waals surface area (Å²) in [5.74, 6) is -0.295. The summed E-state index contributed by atoms with van der Waals surface area (Å²) >= 11 is 11.6. The number of nitrogens with one attached hydrogen (secondary N) is 2. The fraction of sp³-hybridized carbons (Fsp3) is 0.333. The molecule has 19 heavy (non-hydrogen) atoms. The fourth-order valence-electron chi connectivity index (χ4n) is 1.23. The quantitative estimate of drug-likeness (QED) is 0.839. The molecule has 0 bridgehead atoms. The van der Waals surface area contributed by atoms with Crippen LogP contribution in [-0.4, -0.2) is 31.5 Å². The molecule has 0 atom stereocenters. The first-order chi connectivity index (χ1) is 9.02. The second-order valence-corrected chi connectivity index (χ2v) is 4.44. The standard InChI is InChI=1S/C12H14Cl2N2O3/c1-2-15-11(17)6-16-12(18)7-19-10-4-3-8(13)5-9(10)14/h3-5H,2,6-7H2,1H3,(H,15,17)(H,16,18). The number of carbonyl (C=O) groups excluding carboxylic acids is 2. The van der Waals surface area contributed by atoms with Crippen LogP contribution in [0.25, 0.3) is 0 Å². The van der Waals surface area contributed by atoms with E-state index >= 15 is 0 Å². The summed E-state index contributed by atoms with van der Waals surface area (Å²) in [6, 6.07) is 4.70. The van der Waals surface area contributed by atoms with E-state index in [1.807, 2.05) is 0 Å². The van der Waals surface area contributed by atoms with Crippen LogP contribution in [-0.2, 0) is 9.59 Å². The number of hydrogen-bond donors (Lipinski definition) is 2. The molecule has 0 aliphatic heterocycles. The molecule has 0 saturated heterocycles. The second kappa shape index (κ2) is 7.86. The Labute approximate surface area is 121 Å². The van der Waals surface area contributed by atoms with Gasteiger partial charge in [-0.05, 0) is 25.1 Å². The normalized spacial score (nSPS) is 9.84. The van der Waals surface area contributed by atoms with E-state index in [0.717, 1.165) is 0 Å². The molecule has 0 saturated carbocycles. The van der Waals surface area contributed by atoms with Gasteiger partial charge in [0.05, 0.1) is 11.6 Å². The topological polar surface area (TPSA) is 67.4 Å². The molecular formula is C12H14Cl2N2O3. The van der Waals surface area contributed by atoms with Crippen molar-refractivity contribution in [3.8, 4) is 5.75 Å². The molecule has 1 rings (SSSR count). The zero-order chi connectivity index (χ0) is 14.3. The van der Waals surface area contributed by atoms with Crippen molar-refractivity contribution >= 4 is 35.0 Å². The predicted octanol–water partition coefficient (Wildman–Crippen LogP) is 1.62. The van der Waals surface area contributed by atoms with Crippen LogP contribution in [0.15, 0.2) is 18.2 Å². The Hall–Kier alpha value is -1.46. The number of benzene rings is 1. The minimum atomic E-state index is -0.405. The van der Waals surface area contributed by atoms with Gasteiger partial charge >= 0.3 is 0 Å². The van der Waals surface area contributed by atoms with Crippen molar-refractivity contribution < 1.29 is 14.3 Å². The van der Waals surface area contributed by atoms with E-state index < -0.39 is 5.91 Å². The van der Waals surface area contributed by atoms with Gasteiger partial charge < -0.3 is 15.4 Å². The van der Waals surface area contributed by atoms with Crippen molar-refractivity contribution in [1.82, 2.24) is 10.6 Å². The van der Waals surface area contributed by atoms with Crippen LogP contribution in [0.5, 0.6) is 5.75 Å². The van der Waals surface area contributed by atoms with Gasteiger partial charge in [-0.3, -0.25) is 9.59 Å². The van der Waals surface area contributed by atoms with Gasteiger partial charge in [-0.25, -0.2) is 0 Å². The lowest BCUT2D eigenvalue weighted by Crippen LogP contribution is -2.38. The Morgan fingerprint density at radius 3 is 2.58 bits per heavy atom. The highest BCUT2D eigenvalue weighted by Crippen LogP contribution is 2.27. The SMILES string of the molecule is CCNC(=O)CNC(=O)COc1ccc(Cl)cc1Cl. The maximum absolute atomic E-state index is 11.4. The predicted molar refractivity (Wildman–Crippen MR) is 73.7 cm³/mol. The van der Waals surface area contributed by atoms with Gasteiger partial charge in [0.1, 0.15) is 5.75 Å². The maximum atomic E-state index is 11.4. The smallest absolute Gasteiger partial charge is 0.258 e. The lowest BCUT2D eigenvalue weighted by atomic mass is 10.3. The van der Waals surface area contributed by atoms with Crippen molar-refractivity contribution in [2.24, 2.45) is 0 Å². The minimum absolute atomic E-state index is 0.0790. The van der Waals surface area contributed by atoms with E-state index in [2.05, 4.69) is 10.6 Å². The average molecular weight is 305 g/mol. The van der Waals surface area contributed by atoms with E-state index in [1.54, 1.807) is 19.1 Å². The third-order valence-corrected chi connectivity index (χ3v) is 2.60. The molecule has 0 fully saturated rings. The monoisotopic (exact) mass is 304 g/mol. The van der Waals surface area contributed by atoms with E-state index in [0.29, 0.717) is 22.3 Å². The van der Waals surface area contributed by atoms with Gasteiger partial charge in [0.2, 0.25) is 5.91 Å². The molecule has 2 N–H and O–H groups in total. The van der Waals surface area contributed by atoms with Crippen LogP contribution < -0.4 is 15.4 Å². The van der Waals surface area contributed by atoms with E-state index in [-0.39, 0.29) is 19.1 Å². The maximum Gasteiger partial charge on any atom is 0.258 e. The van der Waals surface area contributed by atoms with Crippen LogP contribution in [0.3, 0.4) is 0 Å². The molecule has 0 unspecified atom stereocenters. The van der Waals surface area contributed by atoms with Gasteiger partial charge in [-0.2, -0.15) is 0 Å². The van der Waals surface area contributed by atoms with Gasteiger partial charge in [-0.1, -0.05) is 23.2 Å². The number of likely N-dealkylation sites (N-methyl/N-ethyl adjacent to an activating group) is 1. The summed E-state index contributed by atoms with van der Waals surface area (Å²) in [5, 5.41) is 5.79. The Kier molecular flexibility index (Phi) is 6.45. The Morgan fingerprint density at radius 2 is 1.95 bits per heavy atom. The number of amides is 2. The molecule has 7 heteroatoms. The van der Waals surface area contributed by atoms with Crippen LogP contribution in [0.4, 0.5) is 0 Å². The first kappa shape index (κ1) is 15.6. The van der Waals surface area contributed by atoms with Crippen molar-refractivity contribution in [2.45, 2.75) is 6.92 Å². The van der Waals surface area contributed by atoms with Crippen molar-refractivity contribution in [2.75, 3.05) is 19.7 Å². The minimum Gasteiger partial charge on any atom is -0.482 e. The van der Waals surface area contributed by atoms with E-state index in [4.69, 9.17) is 27.9 Å². The Morgan fingerprint density at radius 1 is 1.21 bits per heavy atom. The lowest BCUT2D eigenvalue weighted by molar-refractivity contribution is -0.127. The summed E-state index contributed by atoms with van der Waals surface area (Å²) in [5.41, 5.74) is 0. The van der Waals surface area contributed by atoms with Crippen LogP contribution in [0.2, 0.25) is 10.0 Å². The molecule has 0 heterocycles. The Bertz CT molecular complexity index is 466. The molecule has 0 aliphatic carbocycles. The van der Waals surface area contributed by atoms with Crippen molar-refractivity contribution in [3.05, 3.63) is 28.2 Å². The van der Waals surface area contributed by atoms with Crippen LogP contribution in [0.1, 0.15) is 6.92 Å². The zero-order valence-electron chi connectivity index (χ0n) is 10.3. The summed E-state index contributed by atoms with van der Waals surface area (Å²) in [6.07, 6.45) is 0. The zero-order valence-corrected chi connectivity index (χ0v) is 11.8. The Balaban J connectivity index is 2.36. The molecule has 104 valence electrons. The molecule has 0 radical (unpaired) electrons. The number of rotatable bonds is 6. The largest absolute Gasteiger partial charge is 0.482 e. The van der Waals surface area contributed by atoms with Crippen LogP contribution in [0, 0.1) is 0 Å². The highest BCUT2D eigenvalue weighted by molar-refractivity contribution is 6.35. The number of hydrogen-bond acceptors (Lipinski definition) is 3. The first-order valence-electron chi connectivity index (χ1n) is 5.64. The number of carbonyl (C=O) groups is 2. The second-order valence-electron chi connectivity index (χ2n) is 3.59. The summed E-state index contributed by atoms with van der Waals surface area (Å²) in [7, 11) is 0. The molecule has 1 aromatic rings. The van der Waals surface area contributed by atoms with Gasteiger partial charge in [0.25, 0.3) is 5.91 Å². The molecule has 5 nitrogen and oxygen atoms in total. The lowest BCUT2D eigenvalue weighted by Gasteiger charge is -2.08. The summed E-state index contributed by atoms with van der Waals surface area (Å²) in [4.78, 5) is 22.5. The third-order valence-electron chi connectivity index (χ3n) is 2.07. The highest BCUT2D eigenvalue weighted by atomic mass is 35.5. The molecule has 0 aliphatic rings. The van der Waals surface area contributed by atoms with Crippen molar-refractivity contribution in [3.63, 3.8) is 0 Å². The van der Waals surface area contributed by atoms with Gasteiger partial charge in [0.15, 0.2) is 6.61 Å². The summed E-state index contributed by atoms with van der Waals surface area (Å²) in [6.45, 7) is 2.02. The third kappa shape index (κ3) is 5.81. The molecular weight excluding hydrogens is 291 g/mol. The first-order valence-corrected chi connectivity index (χ1v) is 6.39. The van der Waals surface area contributed by atoms with Gasteiger partial charge in [0, 0.05) is 11.6 Å². The molecule has 0 aromatic heterocycles. The highest BCUT2D eigenvalue weighted by Gasteiger charge is 2.07. The summed E-state index contributed by atoms with van der Waals surface area (Å²) < 4.78 is 5.21. The number of ether oxygens (including phenoxy) is 1. The molecule has 1 aromatic carbocycles. The van der Waals surface area contributed by atoms with E-state index in [1.165, 1.54) is 6.07 Å². The van der Waals surface area contributed by atoms with Gasteiger partial charge in [-0.15, -0.1) is 0 Å². The van der Waals surface area contributed by atoms with Crippen molar-refractivity contribution in [1.29, 1.82) is 0 Å². The molecule has 0 spiro atoms. The van der Waals surface area contributed by atoms with E-state index in [9.17, 15) is 9.59 Å². The van der Waals surface area contributed by atoms with Crippen LogP contribution >= 0.6 is 23.2 Å².